The lowest BCUT2D eigenvalue weighted by molar-refractivity contribution is 0.500. The van der Waals surface area contributed by atoms with Crippen LogP contribution in [0.25, 0.3) is 0 Å². The van der Waals surface area contributed by atoms with Gasteiger partial charge in [-0.3, -0.25) is 9.67 Å². The van der Waals surface area contributed by atoms with E-state index in [0.717, 1.165) is 25.0 Å². The van der Waals surface area contributed by atoms with E-state index in [4.69, 9.17) is 0 Å². The summed E-state index contributed by atoms with van der Waals surface area (Å²) in [5.74, 6) is 0.742. The Hall–Kier alpha value is -0.840. The largest absolute Gasteiger partial charge is 0.355 e. The monoisotopic (exact) mass is 469 g/mol. The first-order valence-electron chi connectivity index (χ1n) is 8.00. The zero-order valence-electron chi connectivity index (χ0n) is 14.7. The summed E-state index contributed by atoms with van der Waals surface area (Å²) >= 11 is 0. The van der Waals surface area contributed by atoms with Crippen LogP contribution in [0.1, 0.15) is 37.6 Å². The van der Waals surface area contributed by atoms with Crippen molar-refractivity contribution in [2.24, 2.45) is 4.99 Å². The Morgan fingerprint density at radius 3 is 2.79 bits per heavy atom. The molecule has 0 spiro atoms. The molecule has 0 fully saturated rings. The number of hydrogen-bond acceptors (Lipinski definition) is 4. The van der Waals surface area contributed by atoms with Gasteiger partial charge >= 0.3 is 0 Å². The minimum atomic E-state index is -2.96. The second kappa shape index (κ2) is 9.02. The van der Waals surface area contributed by atoms with Crippen LogP contribution in [0.5, 0.6) is 0 Å². The van der Waals surface area contributed by atoms with Gasteiger partial charge in [-0.05, 0) is 32.3 Å². The summed E-state index contributed by atoms with van der Waals surface area (Å²) in [5, 5.41) is 11.1. The Morgan fingerprint density at radius 2 is 2.21 bits per heavy atom. The Balaban J connectivity index is 0.00000288. The third-order valence-electron chi connectivity index (χ3n) is 3.96. The van der Waals surface area contributed by atoms with Crippen molar-refractivity contribution in [1.29, 1.82) is 0 Å². The maximum absolute atomic E-state index is 11.2. The van der Waals surface area contributed by atoms with E-state index < -0.39 is 9.84 Å². The van der Waals surface area contributed by atoms with Crippen LogP contribution in [0.2, 0.25) is 0 Å². The molecule has 0 amide bonds. The van der Waals surface area contributed by atoms with Crippen LogP contribution in [-0.2, 0) is 22.7 Å². The van der Waals surface area contributed by atoms with E-state index in [1.807, 2.05) is 4.68 Å². The number of nitrogens with one attached hydrogen (secondary N) is 2. The summed E-state index contributed by atoms with van der Waals surface area (Å²) in [6.45, 7) is 4.61. The molecule has 2 rings (SSSR count). The molecule has 1 aliphatic rings. The molecule has 0 radical (unpaired) electrons. The van der Waals surface area contributed by atoms with E-state index in [-0.39, 0.29) is 35.8 Å². The molecule has 1 aromatic rings. The van der Waals surface area contributed by atoms with Gasteiger partial charge in [-0.1, -0.05) is 0 Å². The molecule has 0 aromatic carbocycles. The smallest absolute Gasteiger partial charge is 0.191 e. The van der Waals surface area contributed by atoms with Crippen LogP contribution in [0.3, 0.4) is 0 Å². The van der Waals surface area contributed by atoms with Gasteiger partial charge in [-0.15, -0.1) is 24.0 Å². The Bertz CT molecular complexity index is 669. The SMILES string of the molecule is CN=C(NCCS(C)(=O)=O)NC1CCc2cn(C(C)C)nc2C1.I. The standard InChI is InChI=1S/C15H27N5O2S.HI/c1-11(2)20-10-12-5-6-13(9-14(12)19-20)18-15(16-3)17-7-8-23(4,21)22;/h10-11,13H,5-9H2,1-4H3,(H2,16,17,18);1H. The number of rotatable bonds is 5. The number of hydrogen-bond donors (Lipinski definition) is 2. The third kappa shape index (κ3) is 6.23. The fourth-order valence-electron chi connectivity index (χ4n) is 2.64. The molecule has 0 aliphatic heterocycles. The zero-order chi connectivity index (χ0) is 17.0. The molecule has 0 saturated heterocycles. The number of halogens is 1. The third-order valence-corrected chi connectivity index (χ3v) is 4.90. The molecule has 24 heavy (non-hydrogen) atoms. The fourth-order valence-corrected chi connectivity index (χ4v) is 3.12. The van der Waals surface area contributed by atoms with Gasteiger partial charge < -0.3 is 10.6 Å². The van der Waals surface area contributed by atoms with Crippen LogP contribution in [0, 0.1) is 0 Å². The van der Waals surface area contributed by atoms with Gasteiger partial charge in [-0.25, -0.2) is 8.42 Å². The summed E-state index contributed by atoms with van der Waals surface area (Å²) in [6, 6.07) is 0.639. The van der Waals surface area contributed by atoms with Crippen LogP contribution in [0.4, 0.5) is 0 Å². The maximum Gasteiger partial charge on any atom is 0.191 e. The molecule has 1 atom stereocenters. The van der Waals surface area contributed by atoms with Crippen molar-refractivity contribution in [3.8, 4) is 0 Å². The number of sulfone groups is 1. The predicted molar refractivity (Wildman–Crippen MR) is 108 cm³/mol. The summed E-state index contributed by atoms with van der Waals surface area (Å²) in [7, 11) is -1.27. The van der Waals surface area contributed by atoms with Crippen molar-refractivity contribution < 1.29 is 8.42 Å². The lowest BCUT2D eigenvalue weighted by Gasteiger charge is -2.24. The van der Waals surface area contributed by atoms with Crippen molar-refractivity contribution in [3.63, 3.8) is 0 Å². The van der Waals surface area contributed by atoms with E-state index in [2.05, 4.69) is 40.8 Å². The number of fused-ring (bicyclic) bond motifs is 1. The normalized spacial score (nSPS) is 18.0. The molecule has 0 bridgehead atoms. The lowest BCUT2D eigenvalue weighted by atomic mass is 9.94. The van der Waals surface area contributed by atoms with Gasteiger partial charge in [0.1, 0.15) is 9.84 Å². The summed E-state index contributed by atoms with van der Waals surface area (Å²) in [5.41, 5.74) is 2.48. The van der Waals surface area contributed by atoms with Crippen molar-refractivity contribution >= 4 is 39.8 Å². The van der Waals surface area contributed by atoms with Gasteiger partial charge in [-0.2, -0.15) is 5.10 Å². The predicted octanol–water partition coefficient (Wildman–Crippen LogP) is 1.15. The molecule has 0 saturated carbocycles. The molecule has 1 aliphatic carbocycles. The first-order chi connectivity index (χ1) is 10.8. The molecule has 1 unspecified atom stereocenters. The Labute approximate surface area is 161 Å². The van der Waals surface area contributed by atoms with Crippen molar-refractivity contribution in [3.05, 3.63) is 17.5 Å². The molecular formula is C15H28IN5O2S. The second-order valence-electron chi connectivity index (χ2n) is 6.39. The number of aliphatic imine (C=N–C) groups is 1. The average Bonchev–Trinajstić information content (AvgIpc) is 2.88. The summed E-state index contributed by atoms with van der Waals surface area (Å²) in [4.78, 5) is 4.17. The van der Waals surface area contributed by atoms with E-state index in [0.29, 0.717) is 18.5 Å². The first kappa shape index (κ1) is 21.2. The van der Waals surface area contributed by atoms with E-state index in [1.54, 1.807) is 7.05 Å². The number of aryl methyl sites for hydroxylation is 1. The highest BCUT2D eigenvalue weighted by atomic mass is 127. The minimum absolute atomic E-state index is 0. The highest BCUT2D eigenvalue weighted by Crippen LogP contribution is 2.21. The summed E-state index contributed by atoms with van der Waals surface area (Å²) in [6.07, 6.45) is 6.26. The van der Waals surface area contributed by atoms with Gasteiger partial charge in [0.05, 0.1) is 11.4 Å². The highest BCUT2D eigenvalue weighted by Gasteiger charge is 2.23. The topological polar surface area (TPSA) is 88.4 Å². The summed E-state index contributed by atoms with van der Waals surface area (Å²) < 4.78 is 24.4. The van der Waals surface area contributed by atoms with Crippen LogP contribution >= 0.6 is 24.0 Å². The number of aromatic nitrogens is 2. The molecule has 1 aromatic heterocycles. The van der Waals surface area contributed by atoms with Crippen molar-refractivity contribution in [2.45, 2.75) is 45.2 Å². The molecule has 2 N–H and O–H groups in total. The quantitative estimate of drug-likeness (QED) is 0.384. The van der Waals surface area contributed by atoms with E-state index in [1.165, 1.54) is 11.8 Å². The lowest BCUT2D eigenvalue weighted by Crippen LogP contribution is -2.46. The minimum Gasteiger partial charge on any atom is -0.355 e. The average molecular weight is 469 g/mol. The first-order valence-corrected chi connectivity index (χ1v) is 10.1. The highest BCUT2D eigenvalue weighted by molar-refractivity contribution is 14.0. The maximum atomic E-state index is 11.2. The van der Waals surface area contributed by atoms with E-state index >= 15 is 0 Å². The number of nitrogens with zero attached hydrogens (tertiary/aromatic N) is 3. The van der Waals surface area contributed by atoms with Crippen LogP contribution in [0.15, 0.2) is 11.2 Å². The Kier molecular flexibility index (Phi) is 7.97. The van der Waals surface area contributed by atoms with Crippen LogP contribution in [-0.4, -0.2) is 55.8 Å². The van der Waals surface area contributed by atoms with Gasteiger partial charge in [0, 0.05) is 44.5 Å². The Morgan fingerprint density at radius 1 is 1.50 bits per heavy atom. The van der Waals surface area contributed by atoms with Gasteiger partial charge in [0.25, 0.3) is 0 Å². The molecule has 7 nitrogen and oxygen atoms in total. The molecule has 9 heteroatoms. The number of guanidine groups is 1. The van der Waals surface area contributed by atoms with E-state index in [9.17, 15) is 8.42 Å². The van der Waals surface area contributed by atoms with Crippen molar-refractivity contribution in [2.75, 3.05) is 25.6 Å². The van der Waals surface area contributed by atoms with Gasteiger partial charge in [0.15, 0.2) is 5.96 Å². The molecule has 1 heterocycles. The van der Waals surface area contributed by atoms with Crippen LogP contribution < -0.4 is 10.6 Å². The van der Waals surface area contributed by atoms with Gasteiger partial charge in [0.2, 0.25) is 0 Å². The fraction of sp³-hybridized carbons (Fsp3) is 0.733. The zero-order valence-corrected chi connectivity index (χ0v) is 17.9. The molecular weight excluding hydrogens is 441 g/mol. The second-order valence-corrected chi connectivity index (χ2v) is 8.65. The molecule has 138 valence electrons. The van der Waals surface area contributed by atoms with Crippen molar-refractivity contribution in [1.82, 2.24) is 20.4 Å².